The molecule has 0 saturated heterocycles. The van der Waals surface area contributed by atoms with Gasteiger partial charge >= 0.3 is 5.97 Å². The van der Waals surface area contributed by atoms with Crippen LogP contribution in [-0.2, 0) is 14.8 Å². The van der Waals surface area contributed by atoms with Gasteiger partial charge in [0.15, 0.2) is 0 Å². The van der Waals surface area contributed by atoms with Crippen LogP contribution >= 0.6 is 23.2 Å². The fourth-order valence-electron chi connectivity index (χ4n) is 2.45. The number of halogens is 2. The smallest absolute Gasteiger partial charge is 0.337 e. The molecule has 0 saturated carbocycles. The Balaban J connectivity index is 2.32. The zero-order valence-corrected chi connectivity index (χ0v) is 17.4. The van der Waals surface area contributed by atoms with Crippen LogP contribution in [0.5, 0.6) is 0 Å². The Bertz CT molecular complexity index is 915. The Labute approximate surface area is 169 Å². The fraction of sp³-hybridized carbons (Fsp3) is 0.278. The third-order valence-electron chi connectivity index (χ3n) is 3.78. The van der Waals surface area contributed by atoms with Crippen LogP contribution in [0.15, 0.2) is 47.4 Å². The van der Waals surface area contributed by atoms with Crippen LogP contribution in [0.25, 0.3) is 0 Å². The van der Waals surface area contributed by atoms with Gasteiger partial charge in [0.1, 0.15) is 0 Å². The van der Waals surface area contributed by atoms with Crippen molar-refractivity contribution in [3.05, 3.63) is 63.6 Å². The van der Waals surface area contributed by atoms with Gasteiger partial charge in [-0.1, -0.05) is 29.3 Å². The van der Waals surface area contributed by atoms with E-state index >= 15 is 0 Å². The summed E-state index contributed by atoms with van der Waals surface area (Å²) in [4.78, 5) is 13.4. The molecule has 0 aromatic heterocycles. The number of esters is 1. The van der Waals surface area contributed by atoms with Crippen LogP contribution in [0.2, 0.25) is 10.0 Å². The van der Waals surface area contributed by atoms with Gasteiger partial charge in [-0.2, -0.15) is 0 Å². The maximum Gasteiger partial charge on any atom is 0.337 e. The molecule has 1 atom stereocenters. The van der Waals surface area contributed by atoms with Crippen molar-refractivity contribution in [2.75, 3.05) is 27.7 Å². The molecule has 1 N–H and O–H groups in total. The quantitative estimate of drug-likeness (QED) is 0.681. The number of nitrogens with one attached hydrogen (secondary N) is 1. The highest BCUT2D eigenvalue weighted by Gasteiger charge is 2.23. The van der Waals surface area contributed by atoms with Crippen molar-refractivity contribution in [1.29, 1.82) is 0 Å². The van der Waals surface area contributed by atoms with Gasteiger partial charge in [-0.3, -0.25) is 0 Å². The van der Waals surface area contributed by atoms with Crippen molar-refractivity contribution in [2.24, 2.45) is 0 Å². The molecule has 9 heteroatoms. The van der Waals surface area contributed by atoms with E-state index in [2.05, 4.69) is 9.46 Å². The molecule has 6 nitrogen and oxygen atoms in total. The molecule has 1 unspecified atom stereocenters. The van der Waals surface area contributed by atoms with Gasteiger partial charge < -0.3 is 9.64 Å². The number of hydrogen-bond acceptors (Lipinski definition) is 5. The van der Waals surface area contributed by atoms with Crippen LogP contribution in [0, 0.1) is 0 Å². The van der Waals surface area contributed by atoms with E-state index in [4.69, 9.17) is 23.2 Å². The number of carbonyl (C=O) groups is 1. The highest BCUT2D eigenvalue weighted by molar-refractivity contribution is 7.89. The number of ether oxygens (including phenoxy) is 1. The molecular weight excluding hydrogens is 411 g/mol. The summed E-state index contributed by atoms with van der Waals surface area (Å²) in [6, 6.07) is 9.97. The number of rotatable bonds is 7. The minimum Gasteiger partial charge on any atom is -0.465 e. The minimum absolute atomic E-state index is 0.0407. The van der Waals surface area contributed by atoms with E-state index in [0.717, 1.165) is 0 Å². The molecule has 146 valence electrons. The number of hydrogen-bond donors (Lipinski definition) is 1. The highest BCUT2D eigenvalue weighted by atomic mass is 35.5. The van der Waals surface area contributed by atoms with E-state index < -0.39 is 22.0 Å². The van der Waals surface area contributed by atoms with Crippen LogP contribution in [-0.4, -0.2) is 47.0 Å². The van der Waals surface area contributed by atoms with Gasteiger partial charge in [0.2, 0.25) is 10.0 Å². The average molecular weight is 431 g/mol. The Morgan fingerprint density at radius 2 is 1.74 bits per heavy atom. The topological polar surface area (TPSA) is 75.7 Å². The molecule has 2 aromatic carbocycles. The number of carbonyl (C=O) groups excluding carboxylic acids is 1. The minimum atomic E-state index is -3.83. The van der Waals surface area contributed by atoms with Crippen LogP contribution in [0.3, 0.4) is 0 Å². The summed E-state index contributed by atoms with van der Waals surface area (Å²) in [5, 5.41) is 0.741. The van der Waals surface area contributed by atoms with E-state index in [1.165, 1.54) is 31.4 Å². The Kier molecular flexibility index (Phi) is 7.25. The SMILES string of the molecule is COC(=O)c1ccc(S(=O)(=O)NC(CN(C)C)c2ccc(Cl)c(Cl)c2)cc1. The molecule has 0 bridgehead atoms. The molecule has 0 aliphatic rings. The molecule has 0 aliphatic heterocycles. The first-order valence-electron chi connectivity index (χ1n) is 7.94. The van der Waals surface area contributed by atoms with Crippen LogP contribution in [0.1, 0.15) is 22.0 Å². The predicted molar refractivity (Wildman–Crippen MR) is 106 cm³/mol. The van der Waals surface area contributed by atoms with Gasteiger partial charge in [0.05, 0.1) is 33.7 Å². The standard InChI is InChI=1S/C18H20Cl2N2O4S/c1-22(2)11-17(13-6-9-15(19)16(20)10-13)21-27(24,25)14-7-4-12(5-8-14)18(23)26-3/h4-10,17,21H,11H2,1-3H3. The van der Waals surface area contributed by atoms with Gasteiger partial charge in [-0.05, 0) is 56.1 Å². The monoisotopic (exact) mass is 430 g/mol. The summed E-state index contributed by atoms with van der Waals surface area (Å²) in [7, 11) is 1.11. The van der Waals surface area contributed by atoms with Gasteiger partial charge in [0, 0.05) is 6.54 Å². The second-order valence-electron chi connectivity index (χ2n) is 6.13. The molecular formula is C18H20Cl2N2O4S. The average Bonchev–Trinajstić information content (AvgIpc) is 2.62. The second kappa shape index (κ2) is 9.03. The lowest BCUT2D eigenvalue weighted by Gasteiger charge is -2.23. The van der Waals surface area contributed by atoms with E-state index in [9.17, 15) is 13.2 Å². The number of nitrogens with zero attached hydrogens (tertiary/aromatic N) is 1. The molecule has 2 rings (SSSR count). The number of likely N-dealkylation sites (N-methyl/N-ethyl adjacent to an activating group) is 1. The largest absolute Gasteiger partial charge is 0.465 e. The molecule has 0 aliphatic carbocycles. The zero-order chi connectivity index (χ0) is 20.2. The fourth-order valence-corrected chi connectivity index (χ4v) is 3.97. The predicted octanol–water partition coefficient (Wildman–Crippen LogP) is 3.36. The first kappa shape index (κ1) is 21.7. The summed E-state index contributed by atoms with van der Waals surface area (Å²) < 4.78 is 32.9. The highest BCUT2D eigenvalue weighted by Crippen LogP contribution is 2.27. The third-order valence-corrected chi connectivity index (χ3v) is 6.00. The van der Waals surface area contributed by atoms with Crippen molar-refractivity contribution in [3.8, 4) is 0 Å². The maximum absolute atomic E-state index is 12.8. The molecule has 0 spiro atoms. The number of sulfonamides is 1. The Hall–Kier alpha value is -1.64. The van der Waals surface area contributed by atoms with E-state index in [1.54, 1.807) is 18.2 Å². The molecule has 27 heavy (non-hydrogen) atoms. The Morgan fingerprint density at radius 3 is 2.26 bits per heavy atom. The normalized spacial score (nSPS) is 12.8. The van der Waals surface area contributed by atoms with E-state index in [-0.39, 0.29) is 10.5 Å². The molecule has 0 heterocycles. The maximum atomic E-state index is 12.8. The van der Waals surface area contributed by atoms with Crippen molar-refractivity contribution >= 4 is 39.2 Å². The number of benzene rings is 2. The van der Waals surface area contributed by atoms with Gasteiger partial charge in [-0.25, -0.2) is 17.9 Å². The summed E-state index contributed by atoms with van der Waals surface area (Å²) >= 11 is 12.0. The molecule has 2 aromatic rings. The molecule has 0 amide bonds. The summed E-state index contributed by atoms with van der Waals surface area (Å²) in [6.45, 7) is 0.414. The lowest BCUT2D eigenvalue weighted by Crippen LogP contribution is -2.35. The first-order valence-corrected chi connectivity index (χ1v) is 10.2. The van der Waals surface area contributed by atoms with Gasteiger partial charge in [-0.15, -0.1) is 0 Å². The summed E-state index contributed by atoms with van der Waals surface area (Å²) in [5.41, 5.74) is 0.957. The van der Waals surface area contributed by atoms with Crippen molar-refractivity contribution in [3.63, 3.8) is 0 Å². The lowest BCUT2D eigenvalue weighted by atomic mass is 10.1. The Morgan fingerprint density at radius 1 is 1.11 bits per heavy atom. The van der Waals surface area contributed by atoms with Crippen molar-refractivity contribution < 1.29 is 17.9 Å². The molecule has 0 fully saturated rings. The first-order chi connectivity index (χ1) is 12.6. The van der Waals surface area contributed by atoms with Crippen LogP contribution < -0.4 is 4.72 Å². The third kappa shape index (κ3) is 5.67. The summed E-state index contributed by atoms with van der Waals surface area (Å²) in [6.07, 6.45) is 0. The van der Waals surface area contributed by atoms with Crippen molar-refractivity contribution in [1.82, 2.24) is 9.62 Å². The summed E-state index contributed by atoms with van der Waals surface area (Å²) in [5.74, 6) is -0.534. The van der Waals surface area contributed by atoms with E-state index in [1.807, 2.05) is 19.0 Å². The van der Waals surface area contributed by atoms with Gasteiger partial charge in [0.25, 0.3) is 0 Å². The van der Waals surface area contributed by atoms with E-state index in [0.29, 0.717) is 22.2 Å². The van der Waals surface area contributed by atoms with Crippen molar-refractivity contribution in [2.45, 2.75) is 10.9 Å². The second-order valence-corrected chi connectivity index (χ2v) is 8.65. The zero-order valence-electron chi connectivity index (χ0n) is 15.1. The number of methoxy groups -OCH3 is 1. The van der Waals surface area contributed by atoms with Crippen LogP contribution in [0.4, 0.5) is 0 Å². The lowest BCUT2D eigenvalue weighted by molar-refractivity contribution is 0.0600. The molecule has 0 radical (unpaired) electrons.